The second-order valence-electron chi connectivity index (χ2n) is 6.36. The molecule has 1 N–H and O–H groups in total. The van der Waals surface area contributed by atoms with Crippen LogP contribution in [0.4, 0.5) is 0 Å². The lowest BCUT2D eigenvalue weighted by Crippen LogP contribution is -2.38. The summed E-state index contributed by atoms with van der Waals surface area (Å²) in [5.74, 6) is 0.0455. The molecule has 1 aliphatic rings. The zero-order valence-electron chi connectivity index (χ0n) is 14.8. The molecule has 2 aromatic rings. The Balaban J connectivity index is 0.00000225. The molecular formula is C18H24Cl2N4O. The first-order chi connectivity index (χ1) is 11.5. The van der Waals surface area contributed by atoms with E-state index in [0.29, 0.717) is 17.1 Å². The molecule has 2 heterocycles. The first-order valence-corrected chi connectivity index (χ1v) is 8.62. The number of carbonyl (C=O) groups is 1. The van der Waals surface area contributed by atoms with Crippen LogP contribution < -0.4 is 5.32 Å². The van der Waals surface area contributed by atoms with Crippen molar-refractivity contribution in [3.05, 3.63) is 51.8 Å². The largest absolute Gasteiger partial charge is 0.337 e. The van der Waals surface area contributed by atoms with E-state index in [2.05, 4.69) is 10.4 Å². The van der Waals surface area contributed by atoms with Crippen LogP contribution in [-0.4, -0.2) is 46.8 Å². The topological polar surface area (TPSA) is 50.2 Å². The summed E-state index contributed by atoms with van der Waals surface area (Å²) in [6.45, 7) is 6.23. The van der Waals surface area contributed by atoms with Gasteiger partial charge in [-0.05, 0) is 38.4 Å². The highest BCUT2D eigenvalue weighted by atomic mass is 35.5. The minimum Gasteiger partial charge on any atom is -0.337 e. The Bertz CT molecular complexity index is 754. The molecule has 1 saturated heterocycles. The van der Waals surface area contributed by atoms with Gasteiger partial charge in [0.1, 0.15) is 0 Å². The summed E-state index contributed by atoms with van der Waals surface area (Å²) >= 11 is 6.25. The van der Waals surface area contributed by atoms with Crippen LogP contribution in [0.5, 0.6) is 0 Å². The maximum atomic E-state index is 12.9. The van der Waals surface area contributed by atoms with E-state index in [1.54, 1.807) is 0 Å². The van der Waals surface area contributed by atoms with Crippen LogP contribution in [-0.2, 0) is 6.54 Å². The Labute approximate surface area is 159 Å². The van der Waals surface area contributed by atoms with Crippen LogP contribution >= 0.6 is 24.0 Å². The Hall–Kier alpha value is -1.56. The average molecular weight is 383 g/mol. The van der Waals surface area contributed by atoms with Crippen molar-refractivity contribution < 1.29 is 4.79 Å². The number of carbonyl (C=O) groups excluding carboxylic acids is 1. The van der Waals surface area contributed by atoms with E-state index in [9.17, 15) is 4.79 Å². The molecule has 1 aliphatic heterocycles. The predicted molar refractivity (Wildman–Crippen MR) is 103 cm³/mol. The normalized spacial score (nSPS) is 16.6. The van der Waals surface area contributed by atoms with E-state index in [0.717, 1.165) is 36.5 Å². The molecule has 136 valence electrons. The van der Waals surface area contributed by atoms with Crippen LogP contribution in [0.1, 0.15) is 33.7 Å². The molecule has 0 bridgehead atoms. The van der Waals surface area contributed by atoms with E-state index in [1.807, 2.05) is 54.7 Å². The number of aromatic nitrogens is 2. The summed E-state index contributed by atoms with van der Waals surface area (Å²) in [6, 6.07) is 7.97. The van der Waals surface area contributed by atoms with Gasteiger partial charge in [-0.3, -0.25) is 9.48 Å². The molecule has 0 spiro atoms. The van der Waals surface area contributed by atoms with Crippen LogP contribution in [0.15, 0.2) is 24.3 Å². The number of nitrogens with zero attached hydrogens (tertiary/aromatic N) is 3. The molecule has 1 atom stereocenters. The third kappa shape index (κ3) is 4.00. The average Bonchev–Trinajstić information content (AvgIpc) is 3.18. The Morgan fingerprint density at radius 1 is 1.40 bits per heavy atom. The molecule has 3 rings (SSSR count). The fourth-order valence-corrected chi connectivity index (χ4v) is 3.46. The van der Waals surface area contributed by atoms with Gasteiger partial charge in [-0.1, -0.05) is 29.8 Å². The van der Waals surface area contributed by atoms with Crippen molar-refractivity contribution in [2.24, 2.45) is 0 Å². The van der Waals surface area contributed by atoms with Crippen LogP contribution in [0.3, 0.4) is 0 Å². The molecule has 0 saturated carbocycles. The van der Waals surface area contributed by atoms with Gasteiger partial charge in [0.15, 0.2) is 0 Å². The molecule has 25 heavy (non-hydrogen) atoms. The second-order valence-corrected chi connectivity index (χ2v) is 6.76. The highest BCUT2D eigenvalue weighted by Crippen LogP contribution is 2.21. The monoisotopic (exact) mass is 382 g/mol. The van der Waals surface area contributed by atoms with Crippen molar-refractivity contribution in [3.8, 4) is 0 Å². The van der Waals surface area contributed by atoms with Crippen LogP contribution in [0, 0.1) is 13.8 Å². The first-order valence-electron chi connectivity index (χ1n) is 8.24. The number of likely N-dealkylation sites (N-methyl/N-ethyl adjacent to an activating group) is 1. The Morgan fingerprint density at radius 3 is 2.76 bits per heavy atom. The van der Waals surface area contributed by atoms with Crippen molar-refractivity contribution in [2.45, 2.75) is 32.9 Å². The second kappa shape index (κ2) is 8.21. The van der Waals surface area contributed by atoms with Crippen LogP contribution in [0.25, 0.3) is 0 Å². The molecule has 0 radical (unpaired) electrons. The fraction of sp³-hybridized carbons (Fsp3) is 0.444. The smallest absolute Gasteiger partial charge is 0.257 e. The fourth-order valence-electron chi connectivity index (χ4n) is 3.26. The molecular weight excluding hydrogens is 359 g/mol. The van der Waals surface area contributed by atoms with Crippen molar-refractivity contribution in [1.82, 2.24) is 20.0 Å². The molecule has 5 nitrogen and oxygen atoms in total. The zero-order chi connectivity index (χ0) is 17.3. The quantitative estimate of drug-likeness (QED) is 0.883. The summed E-state index contributed by atoms with van der Waals surface area (Å²) < 4.78 is 1.87. The minimum absolute atomic E-state index is 0. The number of amides is 1. The number of hydrogen-bond donors (Lipinski definition) is 1. The number of hydrogen-bond acceptors (Lipinski definition) is 3. The predicted octanol–water partition coefficient (Wildman–Crippen LogP) is 3.06. The van der Waals surface area contributed by atoms with Crippen molar-refractivity contribution in [2.75, 3.05) is 20.1 Å². The summed E-state index contributed by atoms with van der Waals surface area (Å²) in [5, 5.41) is 8.59. The molecule has 0 aliphatic carbocycles. The van der Waals surface area contributed by atoms with Gasteiger partial charge in [-0.15, -0.1) is 12.4 Å². The standard InChI is InChI=1S/C18H23ClN4O.ClH/c1-12-17(18(24)22(3)15-8-9-20-10-15)13(2)23(21-12)11-14-6-4-5-7-16(14)19;/h4-7,15,20H,8-11H2,1-3H3;1H. The molecule has 1 fully saturated rings. The van der Waals surface area contributed by atoms with E-state index in [4.69, 9.17) is 11.6 Å². The number of rotatable bonds is 4. The molecule has 1 unspecified atom stereocenters. The van der Waals surface area contributed by atoms with Gasteiger partial charge in [-0.25, -0.2) is 0 Å². The lowest BCUT2D eigenvalue weighted by Gasteiger charge is -2.24. The Kier molecular flexibility index (Phi) is 6.49. The maximum Gasteiger partial charge on any atom is 0.257 e. The molecule has 7 heteroatoms. The van der Waals surface area contributed by atoms with E-state index in [1.165, 1.54) is 0 Å². The number of benzene rings is 1. The minimum atomic E-state index is 0. The van der Waals surface area contributed by atoms with Gasteiger partial charge in [0.25, 0.3) is 5.91 Å². The molecule has 1 aromatic carbocycles. The number of nitrogens with one attached hydrogen (secondary N) is 1. The van der Waals surface area contributed by atoms with Gasteiger partial charge in [0.2, 0.25) is 0 Å². The summed E-state index contributed by atoms with van der Waals surface area (Å²) in [7, 11) is 1.88. The first kappa shape index (κ1) is 19.8. The van der Waals surface area contributed by atoms with Gasteiger partial charge in [-0.2, -0.15) is 5.10 Å². The Morgan fingerprint density at radius 2 is 2.12 bits per heavy atom. The third-order valence-electron chi connectivity index (χ3n) is 4.78. The van der Waals surface area contributed by atoms with Crippen LogP contribution in [0.2, 0.25) is 5.02 Å². The summed E-state index contributed by atoms with van der Waals surface area (Å²) in [4.78, 5) is 14.8. The SMILES string of the molecule is Cc1nn(Cc2ccccc2Cl)c(C)c1C(=O)N(C)C1CCNC1.Cl. The van der Waals surface area contributed by atoms with Crippen molar-refractivity contribution in [3.63, 3.8) is 0 Å². The highest BCUT2D eigenvalue weighted by Gasteiger charge is 2.28. The number of halogens is 2. The van der Waals surface area contributed by atoms with Crippen molar-refractivity contribution >= 4 is 29.9 Å². The zero-order valence-corrected chi connectivity index (χ0v) is 16.3. The molecule has 1 aromatic heterocycles. The van der Waals surface area contributed by atoms with E-state index < -0.39 is 0 Å². The van der Waals surface area contributed by atoms with Gasteiger partial charge >= 0.3 is 0 Å². The summed E-state index contributed by atoms with van der Waals surface area (Å²) in [5.41, 5.74) is 3.35. The number of aryl methyl sites for hydroxylation is 1. The van der Waals surface area contributed by atoms with Crippen molar-refractivity contribution in [1.29, 1.82) is 0 Å². The molecule has 1 amide bonds. The highest BCUT2D eigenvalue weighted by molar-refractivity contribution is 6.31. The van der Waals surface area contributed by atoms with Gasteiger partial charge in [0.05, 0.1) is 17.8 Å². The van der Waals surface area contributed by atoms with Gasteiger partial charge in [0, 0.05) is 30.4 Å². The van der Waals surface area contributed by atoms with E-state index in [-0.39, 0.29) is 24.4 Å². The third-order valence-corrected chi connectivity index (χ3v) is 5.14. The lowest BCUT2D eigenvalue weighted by atomic mass is 10.1. The van der Waals surface area contributed by atoms with Gasteiger partial charge < -0.3 is 10.2 Å². The lowest BCUT2D eigenvalue weighted by molar-refractivity contribution is 0.0742. The maximum absolute atomic E-state index is 12.9. The van der Waals surface area contributed by atoms with E-state index >= 15 is 0 Å². The summed E-state index contributed by atoms with van der Waals surface area (Å²) in [6.07, 6.45) is 0.994.